The maximum absolute atomic E-state index is 12.8. The van der Waals surface area contributed by atoms with Crippen LogP contribution >= 0.6 is 0 Å². The topological polar surface area (TPSA) is 125 Å². The molecule has 2 aliphatic heterocycles. The summed E-state index contributed by atoms with van der Waals surface area (Å²) in [5, 5.41) is 21.3. The van der Waals surface area contributed by atoms with E-state index >= 15 is 0 Å². The largest absolute Gasteiger partial charge is 0.504 e. The number of phenolic OH excluding ortho intramolecular Hbond substituents is 1. The highest BCUT2D eigenvalue weighted by molar-refractivity contribution is 5.77. The Bertz CT molecular complexity index is 993. The van der Waals surface area contributed by atoms with E-state index in [-0.39, 0.29) is 30.6 Å². The fourth-order valence-corrected chi connectivity index (χ4v) is 3.87. The Labute approximate surface area is 178 Å². The van der Waals surface area contributed by atoms with Gasteiger partial charge in [-0.2, -0.15) is 5.48 Å². The van der Waals surface area contributed by atoms with Crippen LogP contribution in [0.1, 0.15) is 24.0 Å². The van der Waals surface area contributed by atoms with Crippen molar-refractivity contribution in [2.24, 2.45) is 5.92 Å². The Morgan fingerprint density at radius 3 is 2.61 bits per heavy atom. The normalized spacial score (nSPS) is 21.1. The number of aromatic hydroxyl groups is 1. The van der Waals surface area contributed by atoms with Gasteiger partial charge in [-0.15, -0.1) is 0 Å². The van der Waals surface area contributed by atoms with E-state index in [0.29, 0.717) is 28.4 Å². The van der Waals surface area contributed by atoms with Gasteiger partial charge in [0.1, 0.15) is 11.7 Å². The van der Waals surface area contributed by atoms with Crippen molar-refractivity contribution < 1.29 is 43.5 Å². The molecule has 0 bridgehead atoms. The number of phenols is 1. The lowest BCUT2D eigenvalue weighted by molar-refractivity contribution is -0.164. The summed E-state index contributed by atoms with van der Waals surface area (Å²) in [4.78, 5) is 18.0. The highest BCUT2D eigenvalue weighted by Crippen LogP contribution is 2.51. The van der Waals surface area contributed by atoms with Gasteiger partial charge in [0, 0.05) is 24.6 Å². The van der Waals surface area contributed by atoms with Gasteiger partial charge < -0.3 is 38.7 Å². The minimum atomic E-state index is -1.49. The van der Waals surface area contributed by atoms with Crippen LogP contribution in [-0.2, 0) is 9.53 Å². The lowest BCUT2D eigenvalue weighted by Crippen LogP contribution is -2.42. The average Bonchev–Trinajstić information content (AvgIpc) is 3.20. The second-order valence-corrected chi connectivity index (χ2v) is 6.88. The molecule has 0 aliphatic carbocycles. The first-order chi connectivity index (χ1) is 15.0. The van der Waals surface area contributed by atoms with Gasteiger partial charge >= 0.3 is 5.97 Å². The van der Waals surface area contributed by atoms with Crippen LogP contribution in [-0.4, -0.2) is 50.0 Å². The van der Waals surface area contributed by atoms with E-state index in [9.17, 15) is 15.0 Å². The zero-order valence-electron chi connectivity index (χ0n) is 17.2. The van der Waals surface area contributed by atoms with Crippen LogP contribution in [0.25, 0.3) is 0 Å². The molecule has 0 amide bonds. The van der Waals surface area contributed by atoms with Gasteiger partial charge in [-0.3, -0.25) is 4.79 Å². The number of fused-ring (bicyclic) bond motifs is 2. The zero-order valence-corrected chi connectivity index (χ0v) is 17.2. The van der Waals surface area contributed by atoms with Crippen molar-refractivity contribution in [2.45, 2.75) is 19.1 Å². The first-order valence-corrected chi connectivity index (χ1v) is 9.67. The van der Waals surface area contributed by atoms with Gasteiger partial charge in [0.2, 0.25) is 18.8 Å². The van der Waals surface area contributed by atoms with Crippen molar-refractivity contribution in [3.63, 3.8) is 0 Å². The van der Waals surface area contributed by atoms with Gasteiger partial charge in [-0.1, -0.05) is 0 Å². The molecule has 10 nitrogen and oxygen atoms in total. The summed E-state index contributed by atoms with van der Waals surface area (Å²) in [6, 6.07) is 6.36. The molecule has 2 aromatic rings. The number of rotatable bonds is 6. The van der Waals surface area contributed by atoms with Gasteiger partial charge in [-0.05, 0) is 30.7 Å². The van der Waals surface area contributed by atoms with Crippen LogP contribution in [0, 0.1) is 5.92 Å². The lowest BCUT2D eigenvalue weighted by Gasteiger charge is -2.36. The molecule has 2 aliphatic rings. The Morgan fingerprint density at radius 1 is 1.19 bits per heavy atom. The highest BCUT2D eigenvalue weighted by atomic mass is 16.7. The van der Waals surface area contributed by atoms with Crippen LogP contribution in [0.3, 0.4) is 0 Å². The summed E-state index contributed by atoms with van der Waals surface area (Å²) in [6.07, 6.45) is -1.49. The molecule has 3 unspecified atom stereocenters. The van der Waals surface area contributed by atoms with E-state index in [1.165, 1.54) is 20.2 Å². The number of hydrogen-bond acceptors (Lipinski definition) is 10. The van der Waals surface area contributed by atoms with Crippen molar-refractivity contribution >= 4 is 5.97 Å². The van der Waals surface area contributed by atoms with Crippen LogP contribution in [0.2, 0.25) is 0 Å². The lowest BCUT2D eigenvalue weighted by atomic mass is 9.77. The van der Waals surface area contributed by atoms with Crippen LogP contribution in [0.15, 0.2) is 24.3 Å². The maximum atomic E-state index is 12.8. The predicted molar refractivity (Wildman–Crippen MR) is 106 cm³/mol. The van der Waals surface area contributed by atoms with E-state index in [0.717, 1.165) is 0 Å². The molecule has 10 heteroatoms. The molecule has 0 saturated heterocycles. The average molecular weight is 433 g/mol. The first kappa shape index (κ1) is 20.9. The van der Waals surface area contributed by atoms with Crippen molar-refractivity contribution in [2.75, 3.05) is 27.6 Å². The Hall–Kier alpha value is -3.37. The quantitative estimate of drug-likeness (QED) is 0.458. The van der Waals surface area contributed by atoms with E-state index in [1.807, 2.05) is 0 Å². The fraction of sp³-hybridized carbons (Fsp3) is 0.381. The van der Waals surface area contributed by atoms with E-state index in [4.69, 9.17) is 28.5 Å². The molecule has 2 aromatic carbocycles. The fourth-order valence-electron chi connectivity index (χ4n) is 3.87. The Kier molecular flexibility index (Phi) is 5.66. The number of hydroxylamine groups is 1. The molecule has 0 radical (unpaired) electrons. The summed E-state index contributed by atoms with van der Waals surface area (Å²) in [6.45, 7) is 1.86. The van der Waals surface area contributed by atoms with Gasteiger partial charge in [0.25, 0.3) is 0 Å². The molecule has 4 rings (SSSR count). The number of ether oxygens (including phenoxy) is 5. The molecule has 0 spiro atoms. The summed E-state index contributed by atoms with van der Waals surface area (Å²) in [7, 11) is 2.96. The molecule has 2 heterocycles. The predicted octanol–water partition coefficient (Wildman–Crippen LogP) is 1.66. The van der Waals surface area contributed by atoms with E-state index in [2.05, 4.69) is 5.48 Å². The molecule has 0 saturated carbocycles. The third kappa shape index (κ3) is 3.64. The van der Waals surface area contributed by atoms with Crippen LogP contribution in [0.4, 0.5) is 0 Å². The SMILES string of the molecule is CCOC(=O)C1C(O)Oc2cc3c(cc2C1c1cc(O)c(ONC)c(OC)c1)OCO3. The maximum Gasteiger partial charge on any atom is 0.316 e. The molecule has 3 N–H and O–H groups in total. The van der Waals surface area contributed by atoms with Crippen molar-refractivity contribution in [1.82, 2.24) is 5.48 Å². The number of methoxy groups -OCH3 is 1. The highest BCUT2D eigenvalue weighted by Gasteiger charge is 2.45. The van der Waals surface area contributed by atoms with Gasteiger partial charge in [0.05, 0.1) is 13.7 Å². The number of nitrogens with one attached hydrogen (secondary N) is 1. The molecular weight excluding hydrogens is 410 g/mol. The van der Waals surface area contributed by atoms with E-state index in [1.54, 1.807) is 25.1 Å². The third-order valence-electron chi connectivity index (χ3n) is 5.15. The molecule has 3 atom stereocenters. The number of carbonyl (C=O) groups excluding carboxylic acids is 1. The minimum Gasteiger partial charge on any atom is -0.504 e. The Morgan fingerprint density at radius 2 is 1.94 bits per heavy atom. The van der Waals surface area contributed by atoms with Crippen molar-refractivity contribution in [1.29, 1.82) is 0 Å². The van der Waals surface area contributed by atoms with Gasteiger partial charge in [0.15, 0.2) is 23.0 Å². The third-order valence-corrected chi connectivity index (χ3v) is 5.15. The summed E-state index contributed by atoms with van der Waals surface area (Å²) in [5.74, 6) is -1.10. The van der Waals surface area contributed by atoms with Crippen molar-refractivity contribution in [3.05, 3.63) is 35.4 Å². The number of esters is 1. The zero-order chi connectivity index (χ0) is 22.1. The second-order valence-electron chi connectivity index (χ2n) is 6.88. The van der Waals surface area contributed by atoms with Crippen molar-refractivity contribution in [3.8, 4) is 34.5 Å². The van der Waals surface area contributed by atoms with Gasteiger partial charge in [-0.25, -0.2) is 0 Å². The number of aliphatic hydroxyl groups excluding tert-OH is 1. The molecule has 166 valence electrons. The van der Waals surface area contributed by atoms with Crippen LogP contribution < -0.4 is 29.3 Å². The molecule has 31 heavy (non-hydrogen) atoms. The number of carbonyl (C=O) groups is 1. The summed E-state index contributed by atoms with van der Waals surface area (Å²) >= 11 is 0. The van der Waals surface area contributed by atoms with E-state index < -0.39 is 24.1 Å². The monoisotopic (exact) mass is 433 g/mol. The van der Waals surface area contributed by atoms with Crippen LogP contribution in [0.5, 0.6) is 34.5 Å². The number of aliphatic hydroxyl groups is 1. The smallest absolute Gasteiger partial charge is 0.316 e. The summed E-state index contributed by atoms with van der Waals surface area (Å²) < 4.78 is 27.1. The number of hydrogen-bond donors (Lipinski definition) is 3. The summed E-state index contributed by atoms with van der Waals surface area (Å²) in [5.41, 5.74) is 3.54. The molecule has 0 aromatic heterocycles. The Balaban J connectivity index is 1.89. The first-order valence-electron chi connectivity index (χ1n) is 9.67. The minimum absolute atomic E-state index is 0.0530. The second kappa shape index (κ2) is 8.40. The number of benzene rings is 2. The molecular formula is C21H23NO9. The standard InChI is InChI=1S/C21H23NO9/c1-4-27-20(24)18-17(10-5-12(23)19(31-22-2)16(6-10)26-3)11-7-14-15(29-9-28-14)8-13(11)30-21(18)25/h5-8,17-18,21-23,25H,4,9H2,1-3H3. The molecule has 0 fully saturated rings.